The quantitative estimate of drug-likeness (QED) is 0.872. The summed E-state index contributed by atoms with van der Waals surface area (Å²) in [5, 5.41) is 4.02. The molecule has 21 heavy (non-hydrogen) atoms. The molecular formula is C16H17FN2O2. The number of hydrogen-bond donors (Lipinski definition) is 0. The molecule has 1 aromatic carbocycles. The number of rotatable bonds is 3. The van der Waals surface area contributed by atoms with E-state index in [2.05, 4.69) is 5.16 Å². The molecule has 1 atom stereocenters. The highest BCUT2D eigenvalue weighted by atomic mass is 19.1. The molecule has 0 spiro atoms. The number of carbonyl (C=O) groups is 1. The van der Waals surface area contributed by atoms with Crippen molar-refractivity contribution < 1.29 is 13.7 Å². The third-order valence-electron chi connectivity index (χ3n) is 3.81. The lowest BCUT2D eigenvalue weighted by molar-refractivity contribution is -0.131. The molecule has 2 aromatic rings. The van der Waals surface area contributed by atoms with E-state index in [0.717, 1.165) is 24.3 Å². The van der Waals surface area contributed by atoms with Gasteiger partial charge in [-0.25, -0.2) is 4.39 Å². The van der Waals surface area contributed by atoms with Crippen LogP contribution in [0.1, 0.15) is 35.9 Å². The standard InChI is InChI=1S/C16H17FN2O2/c1-11-8-14(18-21-11)15-6-3-7-19(15)16(20)10-12-4-2-5-13(17)9-12/h2,4-5,8-9,15H,3,6-7,10H2,1H3/t15-/m0/s1. The van der Waals surface area contributed by atoms with Crippen LogP contribution in [-0.4, -0.2) is 22.5 Å². The van der Waals surface area contributed by atoms with Crippen LogP contribution in [0.3, 0.4) is 0 Å². The summed E-state index contributed by atoms with van der Waals surface area (Å²) >= 11 is 0. The van der Waals surface area contributed by atoms with Crippen molar-refractivity contribution in [3.05, 3.63) is 53.2 Å². The fourth-order valence-electron chi connectivity index (χ4n) is 2.84. The average molecular weight is 288 g/mol. The lowest BCUT2D eigenvalue weighted by Crippen LogP contribution is -2.32. The van der Waals surface area contributed by atoms with Gasteiger partial charge >= 0.3 is 0 Å². The zero-order chi connectivity index (χ0) is 14.8. The number of carbonyl (C=O) groups excluding carboxylic acids is 1. The van der Waals surface area contributed by atoms with E-state index < -0.39 is 0 Å². The lowest BCUT2D eigenvalue weighted by atomic mass is 10.1. The summed E-state index contributed by atoms with van der Waals surface area (Å²) in [6.45, 7) is 2.55. The molecular weight excluding hydrogens is 271 g/mol. The first-order valence-electron chi connectivity index (χ1n) is 7.10. The maximum absolute atomic E-state index is 13.2. The van der Waals surface area contributed by atoms with E-state index >= 15 is 0 Å². The normalized spacial score (nSPS) is 18.2. The minimum absolute atomic E-state index is 0.00348. The molecule has 0 saturated carbocycles. The van der Waals surface area contributed by atoms with Crippen molar-refractivity contribution >= 4 is 5.91 Å². The summed E-state index contributed by atoms with van der Waals surface area (Å²) in [5.74, 6) is 0.434. The van der Waals surface area contributed by atoms with Crippen LogP contribution in [0.5, 0.6) is 0 Å². The van der Waals surface area contributed by atoms with Gasteiger partial charge in [0.1, 0.15) is 17.3 Å². The first-order valence-corrected chi connectivity index (χ1v) is 7.10. The van der Waals surface area contributed by atoms with Crippen molar-refractivity contribution in [3.8, 4) is 0 Å². The second-order valence-corrected chi connectivity index (χ2v) is 5.41. The summed E-state index contributed by atoms with van der Waals surface area (Å²) in [7, 11) is 0. The number of amides is 1. The number of nitrogens with zero attached hydrogens (tertiary/aromatic N) is 2. The maximum atomic E-state index is 13.2. The van der Waals surface area contributed by atoms with Crippen LogP contribution in [0.15, 0.2) is 34.9 Å². The van der Waals surface area contributed by atoms with E-state index in [1.54, 1.807) is 12.1 Å². The molecule has 1 aromatic heterocycles. The minimum Gasteiger partial charge on any atom is -0.361 e. The van der Waals surface area contributed by atoms with Crippen molar-refractivity contribution in [2.45, 2.75) is 32.2 Å². The number of hydrogen-bond acceptors (Lipinski definition) is 3. The van der Waals surface area contributed by atoms with Crippen LogP contribution in [0.4, 0.5) is 4.39 Å². The largest absolute Gasteiger partial charge is 0.361 e. The zero-order valence-corrected chi connectivity index (χ0v) is 11.9. The molecule has 110 valence electrons. The third kappa shape index (κ3) is 2.96. The molecule has 1 aliphatic heterocycles. The van der Waals surface area contributed by atoms with Crippen molar-refractivity contribution in [2.24, 2.45) is 0 Å². The van der Waals surface area contributed by atoms with Crippen molar-refractivity contribution in [3.63, 3.8) is 0 Å². The highest BCUT2D eigenvalue weighted by Crippen LogP contribution is 2.32. The topological polar surface area (TPSA) is 46.3 Å². The number of likely N-dealkylation sites (tertiary alicyclic amines) is 1. The molecule has 1 saturated heterocycles. The molecule has 1 fully saturated rings. The van der Waals surface area contributed by atoms with E-state index in [1.807, 2.05) is 17.9 Å². The molecule has 0 aliphatic carbocycles. The number of aromatic nitrogens is 1. The fourth-order valence-corrected chi connectivity index (χ4v) is 2.84. The van der Waals surface area contributed by atoms with E-state index in [4.69, 9.17) is 4.52 Å². The van der Waals surface area contributed by atoms with Crippen LogP contribution in [0.2, 0.25) is 0 Å². The molecule has 1 aliphatic rings. The Balaban J connectivity index is 1.74. The summed E-state index contributed by atoms with van der Waals surface area (Å²) in [4.78, 5) is 14.3. The number of halogens is 1. The molecule has 1 amide bonds. The highest BCUT2D eigenvalue weighted by Gasteiger charge is 2.31. The molecule has 0 radical (unpaired) electrons. The van der Waals surface area contributed by atoms with Gasteiger partial charge in [0, 0.05) is 12.6 Å². The minimum atomic E-state index is -0.314. The Bertz CT molecular complexity index is 653. The van der Waals surface area contributed by atoms with Crippen LogP contribution < -0.4 is 0 Å². The Morgan fingerprint density at radius 2 is 2.33 bits per heavy atom. The van der Waals surface area contributed by atoms with Crippen LogP contribution >= 0.6 is 0 Å². The van der Waals surface area contributed by atoms with E-state index in [0.29, 0.717) is 12.1 Å². The fraction of sp³-hybridized carbons (Fsp3) is 0.375. The van der Waals surface area contributed by atoms with Gasteiger partial charge in [-0.2, -0.15) is 0 Å². The molecule has 3 rings (SSSR count). The van der Waals surface area contributed by atoms with Crippen LogP contribution in [0.25, 0.3) is 0 Å². The Morgan fingerprint density at radius 3 is 3.05 bits per heavy atom. The second kappa shape index (κ2) is 5.68. The van der Waals surface area contributed by atoms with E-state index in [1.165, 1.54) is 12.1 Å². The first kappa shape index (κ1) is 13.8. The lowest BCUT2D eigenvalue weighted by Gasteiger charge is -2.23. The van der Waals surface area contributed by atoms with Crippen LogP contribution in [-0.2, 0) is 11.2 Å². The Hall–Kier alpha value is -2.17. The zero-order valence-electron chi connectivity index (χ0n) is 11.9. The SMILES string of the molecule is Cc1cc([C@@H]2CCCN2C(=O)Cc2cccc(F)c2)no1. The first-order chi connectivity index (χ1) is 10.1. The monoisotopic (exact) mass is 288 g/mol. The summed E-state index contributed by atoms with van der Waals surface area (Å²) in [5.41, 5.74) is 1.50. The highest BCUT2D eigenvalue weighted by molar-refractivity contribution is 5.79. The molecule has 4 nitrogen and oxygen atoms in total. The van der Waals surface area contributed by atoms with Gasteiger partial charge in [-0.05, 0) is 37.5 Å². The molecule has 5 heteroatoms. The van der Waals surface area contributed by atoms with Gasteiger partial charge in [-0.1, -0.05) is 17.3 Å². The van der Waals surface area contributed by atoms with Crippen molar-refractivity contribution in [1.29, 1.82) is 0 Å². The number of aryl methyl sites for hydroxylation is 1. The van der Waals surface area contributed by atoms with Gasteiger partial charge in [-0.3, -0.25) is 4.79 Å². The average Bonchev–Trinajstić information content (AvgIpc) is 3.06. The Labute approximate surface area is 122 Å². The Kier molecular flexibility index (Phi) is 3.73. The van der Waals surface area contributed by atoms with Crippen molar-refractivity contribution in [1.82, 2.24) is 10.1 Å². The van der Waals surface area contributed by atoms with Crippen molar-refractivity contribution in [2.75, 3.05) is 6.54 Å². The van der Waals surface area contributed by atoms with Crippen LogP contribution in [0, 0.1) is 12.7 Å². The smallest absolute Gasteiger partial charge is 0.227 e. The molecule has 2 heterocycles. The van der Waals surface area contributed by atoms with E-state index in [9.17, 15) is 9.18 Å². The number of benzene rings is 1. The predicted molar refractivity (Wildman–Crippen MR) is 75.0 cm³/mol. The van der Waals surface area contributed by atoms with Gasteiger partial charge in [0.25, 0.3) is 0 Å². The Morgan fingerprint density at radius 1 is 1.48 bits per heavy atom. The second-order valence-electron chi connectivity index (χ2n) is 5.41. The van der Waals surface area contributed by atoms with Gasteiger partial charge in [0.05, 0.1) is 12.5 Å². The van der Waals surface area contributed by atoms with Gasteiger partial charge in [0.15, 0.2) is 0 Å². The summed E-state index contributed by atoms with van der Waals surface area (Å²) in [6, 6.07) is 8.03. The molecule has 0 unspecified atom stereocenters. The van der Waals surface area contributed by atoms with Gasteiger partial charge in [-0.15, -0.1) is 0 Å². The van der Waals surface area contributed by atoms with E-state index in [-0.39, 0.29) is 24.2 Å². The summed E-state index contributed by atoms with van der Waals surface area (Å²) in [6.07, 6.45) is 2.05. The third-order valence-corrected chi connectivity index (χ3v) is 3.81. The predicted octanol–water partition coefficient (Wildman–Crippen LogP) is 3.03. The summed E-state index contributed by atoms with van der Waals surface area (Å²) < 4.78 is 18.3. The van der Waals surface area contributed by atoms with Gasteiger partial charge < -0.3 is 9.42 Å². The molecule has 0 N–H and O–H groups in total. The van der Waals surface area contributed by atoms with Gasteiger partial charge in [0.2, 0.25) is 5.91 Å². The molecule has 0 bridgehead atoms. The maximum Gasteiger partial charge on any atom is 0.227 e.